The Morgan fingerprint density at radius 1 is 0.733 bits per heavy atom. The van der Waals surface area contributed by atoms with E-state index in [4.69, 9.17) is 0 Å². The molecule has 2 aromatic carbocycles. The Kier molecular flexibility index (Phi) is 4.74. The van der Waals surface area contributed by atoms with Gasteiger partial charge >= 0.3 is 0 Å². The van der Waals surface area contributed by atoms with Crippen LogP contribution >= 0.6 is 0 Å². The second-order valence-electron chi connectivity index (χ2n) is 7.38. The number of pyridine rings is 1. The highest BCUT2D eigenvalue weighted by molar-refractivity contribution is 5.95. The molecule has 0 N–H and O–H groups in total. The van der Waals surface area contributed by atoms with Crippen molar-refractivity contribution in [1.82, 2.24) is 14.1 Å². The van der Waals surface area contributed by atoms with Gasteiger partial charge in [0.25, 0.3) is 0 Å². The zero-order valence-corrected chi connectivity index (χ0v) is 16.5. The molecule has 0 fully saturated rings. The summed E-state index contributed by atoms with van der Waals surface area (Å²) in [4.78, 5) is 16.3. The Morgan fingerprint density at radius 2 is 1.40 bits per heavy atom. The lowest BCUT2D eigenvalue weighted by Crippen LogP contribution is -2.03. The number of fused-ring (bicyclic) bond motifs is 1. The van der Waals surface area contributed by atoms with Crippen molar-refractivity contribution in [1.29, 1.82) is 0 Å². The van der Waals surface area contributed by atoms with Crippen LogP contribution in [-0.4, -0.2) is 20.4 Å². The lowest BCUT2D eigenvalue weighted by Gasteiger charge is -2.12. The maximum Gasteiger partial charge on any atom is 0.168 e. The fraction of sp³-hybridized carbons (Fsp3) is 0.0769. The Hall–Kier alpha value is -3.92. The van der Waals surface area contributed by atoms with Gasteiger partial charge in [0.05, 0.1) is 16.9 Å². The van der Waals surface area contributed by atoms with E-state index in [1.165, 1.54) is 11.1 Å². The minimum absolute atomic E-state index is 0.443. The standard InChI is InChI=1S/C26H21N3O/c30-19-22-16-25-23(13-15-29(25)18-21-10-5-2-6-11-21)26(27-22)24-12-7-14-28(24)17-20-8-3-1-4-9-20/h1-16,19H,17-18H2. The van der Waals surface area contributed by atoms with Gasteiger partial charge in [0.1, 0.15) is 5.69 Å². The molecule has 0 aliphatic heterocycles. The van der Waals surface area contributed by atoms with E-state index in [-0.39, 0.29) is 0 Å². The minimum atomic E-state index is 0.443. The number of aromatic nitrogens is 3. The number of carbonyl (C=O) groups is 1. The fourth-order valence-electron chi connectivity index (χ4n) is 3.93. The second-order valence-corrected chi connectivity index (χ2v) is 7.38. The monoisotopic (exact) mass is 391 g/mol. The molecule has 0 saturated carbocycles. The molecule has 5 rings (SSSR count). The molecule has 0 saturated heterocycles. The largest absolute Gasteiger partial charge is 0.343 e. The maximum absolute atomic E-state index is 11.7. The van der Waals surface area contributed by atoms with Gasteiger partial charge in [-0.2, -0.15) is 0 Å². The summed E-state index contributed by atoms with van der Waals surface area (Å²) in [6.07, 6.45) is 4.96. The van der Waals surface area contributed by atoms with E-state index in [1.807, 2.05) is 48.5 Å². The summed E-state index contributed by atoms with van der Waals surface area (Å²) in [6.45, 7) is 1.50. The van der Waals surface area contributed by atoms with Crippen LogP contribution in [0.15, 0.2) is 97.3 Å². The first kappa shape index (κ1) is 18.1. The van der Waals surface area contributed by atoms with Crippen molar-refractivity contribution < 1.29 is 4.79 Å². The molecule has 0 aliphatic carbocycles. The van der Waals surface area contributed by atoms with Crippen molar-refractivity contribution in [3.05, 3.63) is 114 Å². The molecule has 146 valence electrons. The molecule has 0 amide bonds. The highest BCUT2D eigenvalue weighted by Crippen LogP contribution is 2.30. The Bertz CT molecular complexity index is 1300. The second kappa shape index (κ2) is 7.84. The summed E-state index contributed by atoms with van der Waals surface area (Å²) in [6, 6.07) is 28.7. The van der Waals surface area contributed by atoms with E-state index in [0.29, 0.717) is 5.69 Å². The van der Waals surface area contributed by atoms with Crippen molar-refractivity contribution in [2.24, 2.45) is 0 Å². The van der Waals surface area contributed by atoms with E-state index in [1.54, 1.807) is 0 Å². The molecule has 0 aliphatic rings. The number of benzene rings is 2. The molecular weight excluding hydrogens is 370 g/mol. The Labute approximate surface area is 175 Å². The highest BCUT2D eigenvalue weighted by atomic mass is 16.1. The fourth-order valence-corrected chi connectivity index (χ4v) is 3.93. The molecule has 0 atom stereocenters. The van der Waals surface area contributed by atoms with E-state index in [0.717, 1.165) is 41.7 Å². The number of carbonyl (C=O) groups excluding carboxylic acids is 1. The summed E-state index contributed by atoms with van der Waals surface area (Å²) in [5.74, 6) is 0. The average molecular weight is 391 g/mol. The molecule has 3 aromatic heterocycles. The molecule has 4 heteroatoms. The Balaban J connectivity index is 1.60. The molecule has 0 radical (unpaired) electrons. The SMILES string of the molecule is O=Cc1cc2c(ccn2Cc2ccccc2)c(-c2cccn2Cc2ccccc2)n1. The van der Waals surface area contributed by atoms with Gasteiger partial charge in [-0.3, -0.25) is 4.79 Å². The number of aldehydes is 1. The molecule has 4 nitrogen and oxygen atoms in total. The summed E-state index contributed by atoms with van der Waals surface area (Å²) in [7, 11) is 0. The summed E-state index contributed by atoms with van der Waals surface area (Å²) >= 11 is 0. The van der Waals surface area contributed by atoms with Crippen LogP contribution in [0.1, 0.15) is 21.6 Å². The number of nitrogens with zero attached hydrogens (tertiary/aromatic N) is 3. The smallest absolute Gasteiger partial charge is 0.168 e. The molecule has 0 unspecified atom stereocenters. The van der Waals surface area contributed by atoms with Gasteiger partial charge in [-0.15, -0.1) is 0 Å². The number of rotatable bonds is 6. The Morgan fingerprint density at radius 3 is 2.07 bits per heavy atom. The first-order valence-electron chi connectivity index (χ1n) is 10.0. The average Bonchev–Trinajstić information content (AvgIpc) is 3.42. The third-order valence-electron chi connectivity index (χ3n) is 5.37. The van der Waals surface area contributed by atoms with E-state index < -0.39 is 0 Å². The minimum Gasteiger partial charge on any atom is -0.343 e. The first-order chi connectivity index (χ1) is 14.8. The summed E-state index contributed by atoms with van der Waals surface area (Å²) < 4.78 is 4.35. The van der Waals surface area contributed by atoms with Crippen LogP contribution in [0.5, 0.6) is 0 Å². The zero-order valence-electron chi connectivity index (χ0n) is 16.5. The van der Waals surface area contributed by atoms with Gasteiger partial charge in [-0.1, -0.05) is 60.7 Å². The number of hydrogen-bond donors (Lipinski definition) is 0. The van der Waals surface area contributed by atoms with Crippen LogP contribution in [0.3, 0.4) is 0 Å². The van der Waals surface area contributed by atoms with Crippen molar-refractivity contribution in [2.45, 2.75) is 13.1 Å². The van der Waals surface area contributed by atoms with Gasteiger partial charge < -0.3 is 9.13 Å². The summed E-state index contributed by atoms with van der Waals surface area (Å²) in [5.41, 5.74) is 5.73. The van der Waals surface area contributed by atoms with Crippen LogP contribution < -0.4 is 0 Å². The van der Waals surface area contributed by atoms with Crippen LogP contribution in [0.4, 0.5) is 0 Å². The van der Waals surface area contributed by atoms with E-state index >= 15 is 0 Å². The first-order valence-corrected chi connectivity index (χ1v) is 10.0. The van der Waals surface area contributed by atoms with Gasteiger partial charge in [0.2, 0.25) is 0 Å². The van der Waals surface area contributed by atoms with Crippen molar-refractivity contribution in [2.75, 3.05) is 0 Å². The van der Waals surface area contributed by atoms with Crippen LogP contribution in [0.25, 0.3) is 22.3 Å². The zero-order chi connectivity index (χ0) is 20.3. The lowest BCUT2D eigenvalue weighted by molar-refractivity contribution is 0.111. The molecular formula is C26H21N3O. The van der Waals surface area contributed by atoms with E-state index in [2.05, 4.69) is 62.9 Å². The van der Waals surface area contributed by atoms with Gasteiger partial charge in [-0.25, -0.2) is 4.98 Å². The van der Waals surface area contributed by atoms with Gasteiger partial charge in [0.15, 0.2) is 6.29 Å². The summed E-state index contributed by atoms with van der Waals surface area (Å²) in [5, 5.41) is 1.05. The predicted molar refractivity (Wildman–Crippen MR) is 120 cm³/mol. The van der Waals surface area contributed by atoms with Gasteiger partial charge in [0, 0.05) is 30.9 Å². The van der Waals surface area contributed by atoms with E-state index in [9.17, 15) is 4.79 Å². The number of hydrogen-bond acceptors (Lipinski definition) is 2. The molecule has 5 aromatic rings. The lowest BCUT2D eigenvalue weighted by atomic mass is 10.1. The molecule has 3 heterocycles. The molecule has 0 bridgehead atoms. The highest BCUT2D eigenvalue weighted by Gasteiger charge is 2.15. The molecule has 0 spiro atoms. The van der Waals surface area contributed by atoms with Crippen molar-refractivity contribution in [3.63, 3.8) is 0 Å². The van der Waals surface area contributed by atoms with Crippen LogP contribution in [0.2, 0.25) is 0 Å². The third kappa shape index (κ3) is 3.44. The normalized spacial score (nSPS) is 11.1. The maximum atomic E-state index is 11.7. The molecule has 30 heavy (non-hydrogen) atoms. The van der Waals surface area contributed by atoms with Crippen molar-refractivity contribution >= 4 is 17.2 Å². The van der Waals surface area contributed by atoms with Crippen LogP contribution in [-0.2, 0) is 13.1 Å². The third-order valence-corrected chi connectivity index (χ3v) is 5.37. The quantitative estimate of drug-likeness (QED) is 0.363. The topological polar surface area (TPSA) is 39.8 Å². The van der Waals surface area contributed by atoms with Gasteiger partial charge in [-0.05, 0) is 35.4 Å². The predicted octanol–water partition coefficient (Wildman–Crippen LogP) is 5.41. The van der Waals surface area contributed by atoms with Crippen molar-refractivity contribution in [3.8, 4) is 11.4 Å². The van der Waals surface area contributed by atoms with Crippen LogP contribution in [0, 0.1) is 0 Å².